The molecule has 94 valence electrons. The summed E-state index contributed by atoms with van der Waals surface area (Å²) in [7, 11) is 0. The predicted molar refractivity (Wildman–Crippen MR) is 74.6 cm³/mol. The molecule has 0 saturated heterocycles. The van der Waals surface area contributed by atoms with E-state index < -0.39 is 0 Å². The van der Waals surface area contributed by atoms with Gasteiger partial charge in [-0.3, -0.25) is 4.79 Å². The highest BCUT2D eigenvalue weighted by Gasteiger charge is 2.04. The molecule has 2 aromatic carbocycles. The minimum atomic E-state index is -0.382. The Balaban J connectivity index is 2.36. The Bertz CT molecular complexity index is 651. The van der Waals surface area contributed by atoms with E-state index in [1.54, 1.807) is 18.2 Å². The van der Waals surface area contributed by atoms with Crippen molar-refractivity contribution in [2.45, 2.75) is 6.92 Å². The van der Waals surface area contributed by atoms with Crippen molar-refractivity contribution in [3.8, 4) is 17.6 Å². The van der Waals surface area contributed by atoms with E-state index >= 15 is 0 Å². The molecule has 0 aliphatic rings. The number of hydrogen-bond acceptors (Lipinski definition) is 3. The van der Waals surface area contributed by atoms with Gasteiger partial charge in [-0.05, 0) is 30.3 Å². The molecule has 2 N–H and O–H groups in total. The lowest BCUT2D eigenvalue weighted by Gasteiger charge is -2.04. The van der Waals surface area contributed by atoms with Gasteiger partial charge >= 0.3 is 5.97 Å². The fraction of sp³-hybridized carbons (Fsp3) is 0.0625. The minimum absolute atomic E-state index is 0.382. The molecule has 0 aromatic heterocycles. The number of rotatable bonds is 1. The number of hydrogen-bond donors (Lipinski definition) is 1. The number of esters is 1. The van der Waals surface area contributed by atoms with E-state index in [2.05, 4.69) is 11.8 Å². The summed E-state index contributed by atoms with van der Waals surface area (Å²) < 4.78 is 5.09. The first-order valence-electron chi connectivity index (χ1n) is 5.80. The molecule has 2 aromatic rings. The highest BCUT2D eigenvalue weighted by atomic mass is 16.5. The topological polar surface area (TPSA) is 52.3 Å². The fourth-order valence-corrected chi connectivity index (χ4v) is 1.55. The smallest absolute Gasteiger partial charge is 0.308 e. The van der Waals surface area contributed by atoms with E-state index in [0.717, 1.165) is 5.56 Å². The van der Waals surface area contributed by atoms with Crippen LogP contribution < -0.4 is 10.5 Å². The number of nitrogens with two attached hydrogens (primary N) is 1. The van der Waals surface area contributed by atoms with Gasteiger partial charge in [-0.25, -0.2) is 0 Å². The molecule has 19 heavy (non-hydrogen) atoms. The molecule has 0 saturated carbocycles. The highest BCUT2D eigenvalue weighted by molar-refractivity contribution is 5.71. The number of carbonyl (C=O) groups is 1. The van der Waals surface area contributed by atoms with Crippen molar-refractivity contribution in [2.24, 2.45) is 0 Å². The van der Waals surface area contributed by atoms with E-state index in [1.807, 2.05) is 30.3 Å². The van der Waals surface area contributed by atoms with Crippen molar-refractivity contribution in [3.63, 3.8) is 0 Å². The fourth-order valence-electron chi connectivity index (χ4n) is 1.55. The monoisotopic (exact) mass is 251 g/mol. The third kappa shape index (κ3) is 3.62. The van der Waals surface area contributed by atoms with Gasteiger partial charge in [-0.2, -0.15) is 0 Å². The summed E-state index contributed by atoms with van der Waals surface area (Å²) in [5, 5.41) is 0. The molecule has 0 unspecified atom stereocenters. The molecule has 0 bridgehead atoms. The summed E-state index contributed by atoms with van der Waals surface area (Å²) in [6, 6.07) is 14.6. The molecule has 0 spiro atoms. The second-order valence-corrected chi connectivity index (χ2v) is 3.97. The lowest BCUT2D eigenvalue weighted by molar-refractivity contribution is -0.131. The van der Waals surface area contributed by atoms with Crippen LogP contribution in [-0.4, -0.2) is 5.97 Å². The first kappa shape index (κ1) is 12.7. The minimum Gasteiger partial charge on any atom is -0.425 e. The second-order valence-electron chi connectivity index (χ2n) is 3.97. The summed E-state index contributed by atoms with van der Waals surface area (Å²) in [4.78, 5) is 11.0. The van der Waals surface area contributed by atoms with Gasteiger partial charge in [0.15, 0.2) is 0 Å². The van der Waals surface area contributed by atoms with E-state index in [1.165, 1.54) is 6.92 Å². The van der Waals surface area contributed by atoms with Crippen LogP contribution in [0.3, 0.4) is 0 Å². The van der Waals surface area contributed by atoms with E-state index in [-0.39, 0.29) is 5.97 Å². The average Bonchev–Trinajstić information content (AvgIpc) is 2.40. The Morgan fingerprint density at radius 1 is 1.11 bits per heavy atom. The van der Waals surface area contributed by atoms with Crippen molar-refractivity contribution in [2.75, 3.05) is 5.73 Å². The van der Waals surface area contributed by atoms with Gasteiger partial charge in [0.05, 0.1) is 5.56 Å². The lowest BCUT2D eigenvalue weighted by Crippen LogP contribution is -2.03. The average molecular weight is 251 g/mol. The van der Waals surface area contributed by atoms with Gasteiger partial charge in [0, 0.05) is 18.2 Å². The predicted octanol–water partition coefficient (Wildman–Crippen LogP) is 2.59. The van der Waals surface area contributed by atoms with Crippen LogP contribution in [0.5, 0.6) is 5.75 Å². The molecule has 0 fully saturated rings. The molecule has 3 heteroatoms. The van der Waals surface area contributed by atoms with Crippen LogP contribution in [0.25, 0.3) is 0 Å². The number of benzene rings is 2. The SMILES string of the molecule is CC(=O)Oc1ccc(N)cc1C#Cc1ccccc1. The van der Waals surface area contributed by atoms with Crippen LogP contribution >= 0.6 is 0 Å². The normalized spacial score (nSPS) is 9.32. The summed E-state index contributed by atoms with van der Waals surface area (Å²) in [5.74, 6) is 6.01. The van der Waals surface area contributed by atoms with Crippen molar-refractivity contribution in [1.82, 2.24) is 0 Å². The Morgan fingerprint density at radius 3 is 2.53 bits per heavy atom. The van der Waals surface area contributed by atoms with Gasteiger partial charge < -0.3 is 10.5 Å². The standard InChI is InChI=1S/C16H13NO2/c1-12(18)19-16-10-9-15(17)11-14(16)8-7-13-5-3-2-4-6-13/h2-6,9-11H,17H2,1H3. The van der Waals surface area contributed by atoms with Crippen molar-refractivity contribution >= 4 is 11.7 Å². The maximum atomic E-state index is 11.0. The van der Waals surface area contributed by atoms with Gasteiger partial charge in [0.2, 0.25) is 0 Å². The van der Waals surface area contributed by atoms with Crippen LogP contribution in [0.4, 0.5) is 5.69 Å². The Kier molecular flexibility index (Phi) is 3.84. The molecule has 0 radical (unpaired) electrons. The van der Waals surface area contributed by atoms with Crippen LogP contribution in [-0.2, 0) is 4.79 Å². The Labute approximate surface area is 112 Å². The summed E-state index contributed by atoms with van der Waals surface area (Å²) in [6.45, 7) is 1.35. The first-order chi connectivity index (χ1) is 9.15. The highest BCUT2D eigenvalue weighted by Crippen LogP contribution is 2.20. The molecule has 0 atom stereocenters. The van der Waals surface area contributed by atoms with Crippen LogP contribution in [0.1, 0.15) is 18.1 Å². The number of anilines is 1. The second kappa shape index (κ2) is 5.74. The quantitative estimate of drug-likeness (QED) is 0.367. The zero-order valence-electron chi connectivity index (χ0n) is 10.5. The zero-order valence-corrected chi connectivity index (χ0v) is 10.5. The number of carbonyl (C=O) groups excluding carboxylic acids is 1. The molecule has 2 rings (SSSR count). The van der Waals surface area contributed by atoms with Gasteiger partial charge in [-0.15, -0.1) is 0 Å². The third-order valence-electron chi connectivity index (χ3n) is 2.37. The zero-order chi connectivity index (χ0) is 13.7. The first-order valence-corrected chi connectivity index (χ1v) is 5.80. The summed E-state index contributed by atoms with van der Waals surface area (Å²) in [6.07, 6.45) is 0. The number of ether oxygens (including phenoxy) is 1. The number of nitrogen functional groups attached to an aromatic ring is 1. The summed E-state index contributed by atoms with van der Waals surface area (Å²) in [5.41, 5.74) is 7.78. The molecule has 3 nitrogen and oxygen atoms in total. The van der Waals surface area contributed by atoms with Gasteiger partial charge in [-0.1, -0.05) is 30.0 Å². The van der Waals surface area contributed by atoms with Crippen LogP contribution in [0, 0.1) is 11.8 Å². The molecule has 0 aliphatic carbocycles. The van der Waals surface area contributed by atoms with Crippen LogP contribution in [0.15, 0.2) is 48.5 Å². The maximum absolute atomic E-state index is 11.0. The van der Waals surface area contributed by atoms with Crippen molar-refractivity contribution in [1.29, 1.82) is 0 Å². The van der Waals surface area contributed by atoms with Gasteiger partial charge in [0.1, 0.15) is 5.75 Å². The lowest BCUT2D eigenvalue weighted by atomic mass is 10.1. The van der Waals surface area contributed by atoms with E-state index in [4.69, 9.17) is 10.5 Å². The Morgan fingerprint density at radius 2 is 1.84 bits per heavy atom. The molecule has 0 aliphatic heterocycles. The largest absolute Gasteiger partial charge is 0.425 e. The van der Waals surface area contributed by atoms with Crippen molar-refractivity contribution < 1.29 is 9.53 Å². The molecule has 0 amide bonds. The van der Waals surface area contributed by atoms with Gasteiger partial charge in [0.25, 0.3) is 0 Å². The Hall–Kier alpha value is -2.73. The van der Waals surface area contributed by atoms with Crippen molar-refractivity contribution in [3.05, 3.63) is 59.7 Å². The van der Waals surface area contributed by atoms with E-state index in [0.29, 0.717) is 17.0 Å². The van der Waals surface area contributed by atoms with Crippen LogP contribution in [0.2, 0.25) is 0 Å². The molecule has 0 heterocycles. The molecular formula is C16H13NO2. The third-order valence-corrected chi connectivity index (χ3v) is 2.37. The molecular weight excluding hydrogens is 238 g/mol. The van der Waals surface area contributed by atoms with E-state index in [9.17, 15) is 4.79 Å². The maximum Gasteiger partial charge on any atom is 0.308 e. The summed E-state index contributed by atoms with van der Waals surface area (Å²) >= 11 is 0.